The third kappa shape index (κ3) is 1.77. The summed E-state index contributed by atoms with van der Waals surface area (Å²) in [6.07, 6.45) is 0. The number of hydrogen-bond acceptors (Lipinski definition) is 3. The molecule has 0 aliphatic rings. The van der Waals surface area contributed by atoms with Crippen LogP contribution in [-0.2, 0) is 0 Å². The number of hydrogen-bond donors (Lipinski definition) is 1. The molecule has 0 unspecified atom stereocenters. The number of benzene rings is 1. The second-order valence-corrected chi connectivity index (χ2v) is 5.18. The van der Waals surface area contributed by atoms with Crippen LogP contribution < -0.4 is 5.32 Å². The lowest BCUT2D eigenvalue weighted by Gasteiger charge is -2.07. The zero-order valence-corrected chi connectivity index (χ0v) is 10.8. The van der Waals surface area contributed by atoms with Gasteiger partial charge in [0.2, 0.25) is 0 Å². The van der Waals surface area contributed by atoms with Gasteiger partial charge in [-0.1, -0.05) is 19.9 Å². The SMILES string of the molecule is CNc1sc2c(F)ccc(C(C)C)c2c1C#N. The van der Waals surface area contributed by atoms with Crippen molar-refractivity contribution in [1.82, 2.24) is 0 Å². The van der Waals surface area contributed by atoms with Crippen LogP contribution >= 0.6 is 11.3 Å². The highest BCUT2D eigenvalue weighted by Crippen LogP contribution is 2.40. The third-order valence-electron chi connectivity index (χ3n) is 2.78. The van der Waals surface area contributed by atoms with Crippen LogP contribution in [0.3, 0.4) is 0 Å². The van der Waals surface area contributed by atoms with E-state index >= 15 is 0 Å². The van der Waals surface area contributed by atoms with E-state index in [1.54, 1.807) is 13.1 Å². The monoisotopic (exact) mass is 248 g/mol. The fourth-order valence-electron chi connectivity index (χ4n) is 1.96. The highest BCUT2D eigenvalue weighted by molar-refractivity contribution is 7.23. The van der Waals surface area contributed by atoms with E-state index in [1.807, 2.05) is 13.8 Å². The molecule has 2 aromatic rings. The molecule has 1 heterocycles. The van der Waals surface area contributed by atoms with Crippen molar-refractivity contribution in [1.29, 1.82) is 5.26 Å². The lowest BCUT2D eigenvalue weighted by Crippen LogP contribution is -1.92. The Morgan fingerprint density at radius 2 is 2.12 bits per heavy atom. The Kier molecular flexibility index (Phi) is 3.03. The van der Waals surface area contributed by atoms with Crippen molar-refractivity contribution in [2.45, 2.75) is 19.8 Å². The molecule has 0 fully saturated rings. The van der Waals surface area contributed by atoms with Crippen molar-refractivity contribution in [2.75, 3.05) is 12.4 Å². The molecule has 0 aliphatic heterocycles. The van der Waals surface area contributed by atoms with Crippen molar-refractivity contribution in [3.63, 3.8) is 0 Å². The van der Waals surface area contributed by atoms with Crippen LogP contribution in [0.2, 0.25) is 0 Å². The number of halogens is 1. The van der Waals surface area contributed by atoms with Crippen LogP contribution in [0.25, 0.3) is 10.1 Å². The maximum atomic E-state index is 13.8. The summed E-state index contributed by atoms with van der Waals surface area (Å²) in [7, 11) is 1.75. The topological polar surface area (TPSA) is 35.8 Å². The first-order valence-electron chi connectivity index (χ1n) is 5.42. The first-order valence-corrected chi connectivity index (χ1v) is 6.24. The maximum Gasteiger partial charge on any atom is 0.141 e. The number of fused-ring (bicyclic) bond motifs is 1. The highest BCUT2D eigenvalue weighted by Gasteiger charge is 2.18. The standard InChI is InChI=1S/C13H13FN2S/c1-7(2)8-4-5-10(14)12-11(8)9(6-15)13(16-3)17-12/h4-5,7,16H,1-3H3. The number of nitrogens with one attached hydrogen (secondary N) is 1. The molecule has 2 nitrogen and oxygen atoms in total. The predicted octanol–water partition coefficient (Wildman–Crippen LogP) is 4.08. The van der Waals surface area contributed by atoms with E-state index in [0.717, 1.165) is 16.0 Å². The van der Waals surface area contributed by atoms with Gasteiger partial charge in [0.1, 0.15) is 16.9 Å². The molecule has 0 saturated heterocycles. The molecule has 0 amide bonds. The van der Waals surface area contributed by atoms with Crippen molar-refractivity contribution in [3.05, 3.63) is 29.1 Å². The predicted molar refractivity (Wildman–Crippen MR) is 70.1 cm³/mol. The van der Waals surface area contributed by atoms with Crippen LogP contribution in [0, 0.1) is 17.1 Å². The molecule has 4 heteroatoms. The van der Waals surface area contributed by atoms with E-state index in [1.165, 1.54) is 17.4 Å². The first kappa shape index (κ1) is 11.9. The molecular weight excluding hydrogens is 235 g/mol. The summed E-state index contributed by atoms with van der Waals surface area (Å²) in [5.74, 6) is 0.0110. The van der Waals surface area contributed by atoms with Gasteiger partial charge in [0.25, 0.3) is 0 Å². The number of nitriles is 1. The minimum absolute atomic E-state index is 0.257. The Bertz CT molecular complexity index is 608. The minimum atomic E-state index is -0.257. The van der Waals surface area contributed by atoms with Crippen molar-refractivity contribution < 1.29 is 4.39 Å². The van der Waals surface area contributed by atoms with Gasteiger partial charge in [-0.2, -0.15) is 5.26 Å². The van der Waals surface area contributed by atoms with Crippen molar-refractivity contribution in [2.24, 2.45) is 0 Å². The quantitative estimate of drug-likeness (QED) is 0.869. The highest BCUT2D eigenvalue weighted by atomic mass is 32.1. The normalized spacial score (nSPS) is 10.8. The van der Waals surface area contributed by atoms with E-state index < -0.39 is 0 Å². The molecule has 0 radical (unpaired) electrons. The molecule has 1 aromatic carbocycles. The Hall–Kier alpha value is -1.60. The summed E-state index contributed by atoms with van der Waals surface area (Å²) >= 11 is 1.30. The Balaban J connectivity index is 2.92. The van der Waals surface area contributed by atoms with Crippen molar-refractivity contribution in [3.8, 4) is 6.07 Å². The van der Waals surface area contributed by atoms with Crippen LogP contribution in [0.1, 0.15) is 30.9 Å². The van der Waals surface area contributed by atoms with Gasteiger partial charge < -0.3 is 5.32 Å². The molecule has 0 bridgehead atoms. The molecule has 0 aliphatic carbocycles. The van der Waals surface area contributed by atoms with Crippen LogP contribution in [0.5, 0.6) is 0 Å². The van der Waals surface area contributed by atoms with E-state index in [2.05, 4.69) is 11.4 Å². The summed E-state index contributed by atoms with van der Waals surface area (Å²) in [4.78, 5) is 0. The summed E-state index contributed by atoms with van der Waals surface area (Å²) < 4.78 is 14.3. The molecular formula is C13H13FN2S. The zero-order valence-electron chi connectivity index (χ0n) is 9.97. The molecule has 1 N–H and O–H groups in total. The molecule has 0 saturated carbocycles. The number of anilines is 1. The largest absolute Gasteiger partial charge is 0.379 e. The molecule has 1 aromatic heterocycles. The van der Waals surface area contributed by atoms with Gasteiger partial charge in [-0.25, -0.2) is 4.39 Å². The van der Waals surface area contributed by atoms with Gasteiger partial charge in [0, 0.05) is 12.4 Å². The van der Waals surface area contributed by atoms with E-state index in [0.29, 0.717) is 10.3 Å². The smallest absolute Gasteiger partial charge is 0.141 e. The minimum Gasteiger partial charge on any atom is -0.379 e. The van der Waals surface area contributed by atoms with Gasteiger partial charge >= 0.3 is 0 Å². The fourth-order valence-corrected chi connectivity index (χ4v) is 3.00. The second kappa shape index (κ2) is 4.34. The van der Waals surface area contributed by atoms with E-state index in [4.69, 9.17) is 0 Å². The number of rotatable bonds is 2. The Labute approximate surface area is 104 Å². The van der Waals surface area contributed by atoms with Gasteiger partial charge in [-0.3, -0.25) is 0 Å². The van der Waals surface area contributed by atoms with Gasteiger partial charge in [-0.05, 0) is 17.5 Å². The summed E-state index contributed by atoms with van der Waals surface area (Å²) in [6.45, 7) is 4.09. The lowest BCUT2D eigenvalue weighted by molar-refractivity contribution is 0.641. The fraction of sp³-hybridized carbons (Fsp3) is 0.308. The average Bonchev–Trinajstić information content (AvgIpc) is 2.68. The summed E-state index contributed by atoms with van der Waals surface area (Å²) in [5.41, 5.74) is 1.58. The van der Waals surface area contributed by atoms with E-state index in [9.17, 15) is 9.65 Å². The number of thiophene rings is 1. The maximum absolute atomic E-state index is 13.8. The lowest BCUT2D eigenvalue weighted by atomic mass is 9.97. The van der Waals surface area contributed by atoms with Crippen LogP contribution in [0.4, 0.5) is 9.39 Å². The van der Waals surface area contributed by atoms with Crippen LogP contribution in [-0.4, -0.2) is 7.05 Å². The Morgan fingerprint density at radius 1 is 1.41 bits per heavy atom. The summed E-state index contributed by atoms with van der Waals surface area (Å²) in [6, 6.07) is 5.43. The molecule has 0 spiro atoms. The number of nitrogens with zero attached hydrogens (tertiary/aromatic N) is 1. The summed E-state index contributed by atoms with van der Waals surface area (Å²) in [5, 5.41) is 13.7. The van der Waals surface area contributed by atoms with Gasteiger partial charge in [0.05, 0.1) is 10.3 Å². The average molecular weight is 248 g/mol. The van der Waals surface area contributed by atoms with Gasteiger partial charge in [0.15, 0.2) is 0 Å². The molecule has 17 heavy (non-hydrogen) atoms. The first-order chi connectivity index (χ1) is 8.10. The molecule has 88 valence electrons. The Morgan fingerprint density at radius 3 is 2.65 bits per heavy atom. The van der Waals surface area contributed by atoms with Gasteiger partial charge in [-0.15, -0.1) is 11.3 Å². The third-order valence-corrected chi connectivity index (χ3v) is 4.00. The zero-order chi connectivity index (χ0) is 12.6. The van der Waals surface area contributed by atoms with E-state index in [-0.39, 0.29) is 11.7 Å². The van der Waals surface area contributed by atoms with Crippen molar-refractivity contribution >= 4 is 26.4 Å². The second-order valence-electron chi connectivity index (χ2n) is 4.16. The molecule has 0 atom stereocenters. The molecule has 2 rings (SSSR count). The van der Waals surface area contributed by atoms with Crippen LogP contribution in [0.15, 0.2) is 12.1 Å².